The number of carbonyl (C=O) groups excluding carboxylic acids is 3. The first-order valence-electron chi connectivity index (χ1n) is 24.9. The summed E-state index contributed by atoms with van der Waals surface area (Å²) in [6, 6.07) is 34.2. The third kappa shape index (κ3) is 12.2. The molecule has 73 heavy (non-hydrogen) atoms. The van der Waals surface area contributed by atoms with Gasteiger partial charge in [0.15, 0.2) is 11.3 Å². The third-order valence-corrected chi connectivity index (χ3v) is 14.4. The van der Waals surface area contributed by atoms with Gasteiger partial charge in [-0.15, -0.1) is 11.3 Å². The number of likely N-dealkylation sites (N-methyl/N-ethyl adjacent to an activating group) is 1. The van der Waals surface area contributed by atoms with Crippen LogP contribution in [0.1, 0.15) is 93.0 Å². The number of aromatic hydroxyl groups is 1. The van der Waals surface area contributed by atoms with E-state index in [9.17, 15) is 24.6 Å². The molecule has 1 saturated heterocycles. The molecule has 0 radical (unpaired) electrons. The zero-order valence-electron chi connectivity index (χ0n) is 42.2. The molecule has 3 amide bonds. The zero-order chi connectivity index (χ0) is 51.6. The Morgan fingerprint density at radius 1 is 0.932 bits per heavy atom. The molecule has 4 aromatic carbocycles. The minimum atomic E-state index is -1.22. The first-order chi connectivity index (χ1) is 35.2. The molecule has 0 saturated carbocycles. The van der Waals surface area contributed by atoms with E-state index < -0.39 is 23.6 Å². The number of amides is 3. The number of hydrogen-bond acceptors (Lipinski definition) is 13. The quantitative estimate of drug-likeness (QED) is 0.0435. The van der Waals surface area contributed by atoms with Crippen molar-refractivity contribution < 1.29 is 43.3 Å². The fraction of sp³-hybridized carbons (Fsp3) is 0.368. The first-order valence-corrected chi connectivity index (χ1v) is 25.7. The van der Waals surface area contributed by atoms with Gasteiger partial charge < -0.3 is 44.1 Å². The molecule has 0 bridgehead atoms. The van der Waals surface area contributed by atoms with E-state index in [1.807, 2.05) is 99.6 Å². The van der Waals surface area contributed by atoms with E-state index in [2.05, 4.69) is 34.5 Å². The molecule has 2 aromatic heterocycles. The third-order valence-electron chi connectivity index (χ3n) is 13.5. The number of likely N-dealkylation sites (tertiary alicyclic amines) is 1. The molecule has 0 aliphatic carbocycles. The zero-order valence-corrected chi connectivity index (χ0v) is 43.1. The second-order valence-electron chi connectivity index (χ2n) is 18.9. The summed E-state index contributed by atoms with van der Waals surface area (Å²) in [6.45, 7) is 11.3. The van der Waals surface area contributed by atoms with Crippen molar-refractivity contribution in [3.05, 3.63) is 148 Å². The van der Waals surface area contributed by atoms with Gasteiger partial charge in [0.25, 0.3) is 11.8 Å². The number of carbonyl (C=O) groups is 3. The van der Waals surface area contributed by atoms with Crippen molar-refractivity contribution >= 4 is 46.0 Å². The van der Waals surface area contributed by atoms with E-state index in [0.29, 0.717) is 55.5 Å². The van der Waals surface area contributed by atoms with Gasteiger partial charge in [-0.1, -0.05) is 99.6 Å². The highest BCUT2D eigenvalue weighted by molar-refractivity contribution is 7.13. The highest BCUT2D eigenvalue weighted by Crippen LogP contribution is 2.38. The monoisotopic (exact) mass is 1010 g/mol. The normalized spacial score (nSPS) is 18.3. The fourth-order valence-electron chi connectivity index (χ4n) is 9.43. The Bertz CT molecular complexity index is 2900. The Labute approximate surface area is 430 Å². The molecule has 4 heterocycles. The molecular weight excluding hydrogens is 945 g/mol. The number of aromatic nitrogens is 2. The van der Waals surface area contributed by atoms with Gasteiger partial charge in [0.05, 0.1) is 41.4 Å². The summed E-state index contributed by atoms with van der Waals surface area (Å²) < 4.78 is 23.3. The summed E-state index contributed by atoms with van der Waals surface area (Å²) >= 11 is 1.56. The number of β-amino-alcohol motifs (C(OH)–C–C–N with tert-alkyl or cyclic N) is 1. The maximum atomic E-state index is 14.4. The van der Waals surface area contributed by atoms with Crippen molar-refractivity contribution in [1.82, 2.24) is 25.3 Å². The predicted molar refractivity (Wildman–Crippen MR) is 281 cm³/mol. The molecule has 2 aliphatic rings. The molecule has 6 aromatic rings. The van der Waals surface area contributed by atoms with Crippen LogP contribution in [-0.4, -0.2) is 112 Å². The van der Waals surface area contributed by atoms with E-state index in [-0.39, 0.29) is 61.4 Å². The number of ether oxygens (including phenoxy) is 3. The van der Waals surface area contributed by atoms with Gasteiger partial charge in [-0.05, 0) is 101 Å². The number of amidine groups is 1. The molecule has 16 heteroatoms. The minimum absolute atomic E-state index is 0.0155. The van der Waals surface area contributed by atoms with Crippen LogP contribution in [0.5, 0.6) is 17.4 Å². The average molecular weight is 1010 g/mol. The highest BCUT2D eigenvalue weighted by Gasteiger charge is 2.48. The van der Waals surface area contributed by atoms with Crippen molar-refractivity contribution in [2.24, 2.45) is 10.9 Å². The van der Waals surface area contributed by atoms with Crippen molar-refractivity contribution in [3.8, 4) is 27.8 Å². The lowest BCUT2D eigenvalue weighted by molar-refractivity contribution is -0.134. The van der Waals surface area contributed by atoms with E-state index in [1.165, 1.54) is 5.57 Å². The lowest BCUT2D eigenvalue weighted by atomic mass is 9.88. The fourth-order valence-corrected chi connectivity index (χ4v) is 10.2. The summed E-state index contributed by atoms with van der Waals surface area (Å²) in [5.41, 5.74) is 8.71. The summed E-state index contributed by atoms with van der Waals surface area (Å²) in [5.74, 6) is 0.220. The van der Waals surface area contributed by atoms with Gasteiger partial charge in [0.2, 0.25) is 11.8 Å². The summed E-state index contributed by atoms with van der Waals surface area (Å²) in [6.07, 6.45) is 1.07. The Hall–Kier alpha value is -7.14. The maximum Gasteiger partial charge on any atom is 0.257 e. The number of nitrogens with one attached hydrogen (secondary N) is 1. The van der Waals surface area contributed by atoms with Gasteiger partial charge >= 0.3 is 0 Å². The number of aryl methyl sites for hydroxylation is 1. The lowest BCUT2D eigenvalue weighted by Crippen LogP contribution is -2.48. The smallest absolute Gasteiger partial charge is 0.257 e. The molecule has 0 spiro atoms. The van der Waals surface area contributed by atoms with Gasteiger partial charge in [0.1, 0.15) is 36.5 Å². The van der Waals surface area contributed by atoms with Crippen LogP contribution in [0.4, 0.5) is 0 Å². The second kappa shape index (κ2) is 23.6. The molecule has 1 fully saturated rings. The number of benzene rings is 4. The maximum absolute atomic E-state index is 14.4. The Balaban J connectivity index is 0.767. The number of aliphatic imine (C=N–C) groups is 1. The van der Waals surface area contributed by atoms with E-state index in [0.717, 1.165) is 44.8 Å². The number of hydrogen-bond donors (Lipinski definition) is 3. The van der Waals surface area contributed by atoms with Gasteiger partial charge in [-0.3, -0.25) is 14.4 Å². The Morgan fingerprint density at radius 3 is 2.32 bits per heavy atom. The van der Waals surface area contributed by atoms with Crippen molar-refractivity contribution in [2.75, 3.05) is 46.6 Å². The van der Waals surface area contributed by atoms with E-state index >= 15 is 0 Å². The van der Waals surface area contributed by atoms with E-state index in [1.54, 1.807) is 58.8 Å². The number of aliphatic hydroxyl groups is 1. The summed E-state index contributed by atoms with van der Waals surface area (Å²) in [7, 11) is 1.76. The standard InChI is InChI=1S/C57H64N6O9S/c1-7-46(38-12-9-8-10-13-38)52(39-17-23-43(64)24-18-39)40-19-25-45(26-20-40)70-29-27-62(6)50(66)14-11-28-69-30-31-71-49-33-48(72-61-49)51(36(2)3)55(67)63-34-44(65)32-47(63)54-59-56(68)57(5,60-54)42-21-15-41(16-22-42)53-37(4)58-35-73-53/h8-10,12-13,15-26,33,35-36,44,47,51,64-65H,7,11,14,27-32,34H2,1-6H3,(H,59,60,68)/b52-46-/t44-,47-,51-,57+/m1/s1. The highest BCUT2D eigenvalue weighted by atomic mass is 32.1. The van der Waals surface area contributed by atoms with Crippen LogP contribution in [0.25, 0.3) is 21.6 Å². The number of thiazole rings is 1. The molecule has 2 aliphatic heterocycles. The average Bonchev–Trinajstić information content (AvgIpc) is 4.20. The van der Waals surface area contributed by atoms with Crippen LogP contribution < -0.4 is 14.8 Å². The molecule has 15 nitrogen and oxygen atoms in total. The van der Waals surface area contributed by atoms with Crippen LogP contribution in [0, 0.1) is 12.8 Å². The first kappa shape index (κ1) is 52.2. The number of phenolic OH excluding ortho intramolecular Hbond substituents is 1. The second-order valence-corrected chi connectivity index (χ2v) is 19.8. The molecule has 4 atom stereocenters. The van der Waals surface area contributed by atoms with Crippen LogP contribution >= 0.6 is 11.3 Å². The molecule has 382 valence electrons. The number of nitrogens with zero attached hydrogens (tertiary/aromatic N) is 5. The minimum Gasteiger partial charge on any atom is -0.508 e. The van der Waals surface area contributed by atoms with Crippen LogP contribution in [0.3, 0.4) is 0 Å². The molecule has 0 unspecified atom stereocenters. The number of aliphatic hydroxyl groups excluding tert-OH is 1. The summed E-state index contributed by atoms with van der Waals surface area (Å²) in [4.78, 5) is 54.3. The number of allylic oxidation sites excluding steroid dienone is 1. The van der Waals surface area contributed by atoms with Gasteiger partial charge in [-0.25, -0.2) is 9.98 Å². The number of rotatable bonds is 22. The largest absolute Gasteiger partial charge is 0.508 e. The lowest BCUT2D eigenvalue weighted by Gasteiger charge is -2.29. The van der Waals surface area contributed by atoms with Gasteiger partial charge in [-0.2, -0.15) is 0 Å². The SMILES string of the molecule is CC/C(=C(\c1ccc(O)cc1)c1ccc(OCCN(C)C(=O)CCCOCCOc2cc([C@H](C(=O)N3C[C@H](O)C[C@@H]3C3=N[C@@](C)(c4ccc(-c5scnc5C)cc4)C(=O)N3)C(C)C)on2)cc1)c1ccccc1. The van der Waals surface area contributed by atoms with Crippen LogP contribution in [0.2, 0.25) is 0 Å². The number of phenols is 1. The Kier molecular flexibility index (Phi) is 16.9. The topological polar surface area (TPSA) is 189 Å². The van der Waals surface area contributed by atoms with Crippen LogP contribution in [0.15, 0.2) is 124 Å². The molecule has 3 N–H and O–H groups in total. The predicted octanol–water partition coefficient (Wildman–Crippen LogP) is 9.04. The van der Waals surface area contributed by atoms with Crippen molar-refractivity contribution in [3.63, 3.8) is 0 Å². The van der Waals surface area contributed by atoms with E-state index in [4.69, 9.17) is 23.7 Å². The molecular formula is C57H64N6O9S. The van der Waals surface area contributed by atoms with Crippen molar-refractivity contribution in [1.29, 1.82) is 0 Å². The Morgan fingerprint density at radius 2 is 1.64 bits per heavy atom. The molecule has 8 rings (SSSR count). The summed E-state index contributed by atoms with van der Waals surface area (Å²) in [5, 5.41) is 27.8. The van der Waals surface area contributed by atoms with Crippen LogP contribution in [-0.2, 0) is 24.7 Å². The van der Waals surface area contributed by atoms with Gasteiger partial charge in [0, 0.05) is 39.1 Å². The van der Waals surface area contributed by atoms with Crippen molar-refractivity contribution in [2.45, 2.75) is 83.9 Å².